The lowest BCUT2D eigenvalue weighted by Gasteiger charge is -2.13. The first-order valence-corrected chi connectivity index (χ1v) is 9.04. The third-order valence-electron chi connectivity index (χ3n) is 4.69. The number of aliphatic hydroxyl groups is 1. The molecule has 1 aliphatic heterocycles. The number of rotatable bonds is 8. The average molecular weight is 341 g/mol. The van der Waals surface area contributed by atoms with Gasteiger partial charge in [0.05, 0.1) is 13.2 Å². The number of nitrogens with one attached hydrogen (secondary N) is 1. The molecule has 0 aromatic heterocycles. The molecule has 1 heterocycles. The second-order valence-electron chi connectivity index (χ2n) is 6.57. The zero-order valence-electron chi connectivity index (χ0n) is 14.8. The van der Waals surface area contributed by atoms with E-state index >= 15 is 0 Å². The minimum absolute atomic E-state index is 0.0250. The van der Waals surface area contributed by atoms with Crippen molar-refractivity contribution in [3.8, 4) is 22.6 Å². The minimum atomic E-state index is 0.0250. The summed E-state index contributed by atoms with van der Waals surface area (Å²) in [5, 5.41) is 12.2. The molecule has 0 bridgehead atoms. The zero-order chi connectivity index (χ0) is 17.5. The molecular weight excluding hydrogens is 314 g/mol. The normalized spacial score (nSPS) is 16.8. The zero-order valence-corrected chi connectivity index (χ0v) is 14.8. The first-order valence-electron chi connectivity index (χ1n) is 9.04. The van der Waals surface area contributed by atoms with Gasteiger partial charge in [0.15, 0.2) is 0 Å². The predicted octanol–water partition coefficient (Wildman–Crippen LogP) is 3.41. The Morgan fingerprint density at radius 2 is 1.80 bits per heavy atom. The molecule has 25 heavy (non-hydrogen) atoms. The highest BCUT2D eigenvalue weighted by Gasteiger charge is 2.14. The average Bonchev–Trinajstić information content (AvgIpc) is 3.15. The van der Waals surface area contributed by atoms with Gasteiger partial charge in [-0.1, -0.05) is 18.2 Å². The van der Waals surface area contributed by atoms with E-state index in [0.717, 1.165) is 49.1 Å². The molecule has 4 heteroatoms. The highest BCUT2D eigenvalue weighted by Crippen LogP contribution is 2.29. The summed E-state index contributed by atoms with van der Waals surface area (Å²) in [4.78, 5) is 0. The maximum atomic E-state index is 8.82. The van der Waals surface area contributed by atoms with E-state index in [2.05, 4.69) is 24.4 Å². The molecule has 0 aliphatic carbocycles. The van der Waals surface area contributed by atoms with E-state index in [1.807, 2.05) is 30.3 Å². The maximum absolute atomic E-state index is 8.82. The molecule has 1 fully saturated rings. The van der Waals surface area contributed by atoms with E-state index in [1.54, 1.807) is 0 Å². The summed E-state index contributed by atoms with van der Waals surface area (Å²) in [7, 11) is 0. The van der Waals surface area contributed by atoms with Crippen LogP contribution in [0.1, 0.15) is 18.4 Å². The Balaban J connectivity index is 1.64. The van der Waals surface area contributed by atoms with Gasteiger partial charge in [0.2, 0.25) is 0 Å². The lowest BCUT2D eigenvalue weighted by atomic mass is 10.00. The van der Waals surface area contributed by atoms with E-state index in [4.69, 9.17) is 14.6 Å². The Morgan fingerprint density at radius 3 is 2.52 bits per heavy atom. The van der Waals surface area contributed by atoms with Crippen LogP contribution in [-0.2, 0) is 0 Å². The fraction of sp³-hybridized carbons (Fsp3) is 0.429. The summed E-state index contributed by atoms with van der Waals surface area (Å²) < 4.78 is 11.4. The van der Waals surface area contributed by atoms with Crippen molar-refractivity contribution in [2.45, 2.75) is 19.8 Å². The summed E-state index contributed by atoms with van der Waals surface area (Å²) in [6.45, 7) is 5.47. The van der Waals surface area contributed by atoms with E-state index < -0.39 is 0 Å². The van der Waals surface area contributed by atoms with Gasteiger partial charge >= 0.3 is 0 Å². The van der Waals surface area contributed by atoms with E-state index in [9.17, 15) is 0 Å². The van der Waals surface area contributed by atoms with Crippen molar-refractivity contribution in [1.82, 2.24) is 5.32 Å². The monoisotopic (exact) mass is 341 g/mol. The molecule has 1 saturated heterocycles. The van der Waals surface area contributed by atoms with Crippen LogP contribution in [0.4, 0.5) is 0 Å². The number of hydrogen-bond acceptors (Lipinski definition) is 4. The Labute approximate surface area is 149 Å². The molecule has 3 rings (SSSR count). The molecule has 0 saturated carbocycles. The molecule has 1 atom stereocenters. The van der Waals surface area contributed by atoms with Crippen LogP contribution >= 0.6 is 0 Å². The van der Waals surface area contributed by atoms with Crippen molar-refractivity contribution in [2.75, 3.05) is 32.9 Å². The Hall–Kier alpha value is -2.04. The molecule has 4 nitrogen and oxygen atoms in total. The molecule has 0 amide bonds. The quantitative estimate of drug-likeness (QED) is 0.772. The van der Waals surface area contributed by atoms with Gasteiger partial charge < -0.3 is 19.9 Å². The number of aryl methyl sites for hydroxylation is 1. The minimum Gasteiger partial charge on any atom is -0.494 e. The van der Waals surface area contributed by atoms with Crippen LogP contribution in [0.5, 0.6) is 11.5 Å². The molecule has 2 N–H and O–H groups in total. The standard InChI is InChI=1S/C21H27NO3/c1-16-2-5-20(24-12-9-17-8-10-22-15-17)14-21(16)18-3-6-19(7-4-18)25-13-11-23/h2-7,14,17,22-23H,8-13,15H2,1H3. The highest BCUT2D eigenvalue weighted by molar-refractivity contribution is 5.69. The van der Waals surface area contributed by atoms with Gasteiger partial charge in [-0.3, -0.25) is 0 Å². The van der Waals surface area contributed by atoms with Crippen LogP contribution in [0.15, 0.2) is 42.5 Å². The second kappa shape index (κ2) is 8.88. The molecule has 2 aromatic carbocycles. The van der Waals surface area contributed by atoms with E-state index in [-0.39, 0.29) is 6.61 Å². The molecule has 0 spiro atoms. The number of benzene rings is 2. The first-order chi connectivity index (χ1) is 12.3. The van der Waals surface area contributed by atoms with Crippen molar-refractivity contribution in [2.24, 2.45) is 5.92 Å². The van der Waals surface area contributed by atoms with Crippen LogP contribution in [0.3, 0.4) is 0 Å². The summed E-state index contributed by atoms with van der Waals surface area (Å²) in [6.07, 6.45) is 2.36. The van der Waals surface area contributed by atoms with Gasteiger partial charge in [-0.2, -0.15) is 0 Å². The van der Waals surface area contributed by atoms with Gasteiger partial charge in [-0.25, -0.2) is 0 Å². The van der Waals surface area contributed by atoms with Crippen LogP contribution in [0.25, 0.3) is 11.1 Å². The lowest BCUT2D eigenvalue weighted by molar-refractivity contribution is 0.201. The predicted molar refractivity (Wildman–Crippen MR) is 100 cm³/mol. The van der Waals surface area contributed by atoms with Crippen molar-refractivity contribution in [3.05, 3.63) is 48.0 Å². The van der Waals surface area contributed by atoms with Crippen LogP contribution in [-0.4, -0.2) is 38.0 Å². The largest absolute Gasteiger partial charge is 0.494 e. The third-order valence-corrected chi connectivity index (χ3v) is 4.69. The van der Waals surface area contributed by atoms with Crippen molar-refractivity contribution < 1.29 is 14.6 Å². The molecule has 1 aliphatic rings. The highest BCUT2D eigenvalue weighted by atomic mass is 16.5. The molecule has 134 valence electrons. The second-order valence-corrected chi connectivity index (χ2v) is 6.57. The van der Waals surface area contributed by atoms with Crippen molar-refractivity contribution in [1.29, 1.82) is 0 Å². The van der Waals surface area contributed by atoms with E-state index in [0.29, 0.717) is 6.61 Å². The summed E-state index contributed by atoms with van der Waals surface area (Å²) >= 11 is 0. The van der Waals surface area contributed by atoms with Gasteiger partial charge in [0, 0.05) is 0 Å². The van der Waals surface area contributed by atoms with E-state index in [1.165, 1.54) is 17.5 Å². The maximum Gasteiger partial charge on any atom is 0.119 e. The van der Waals surface area contributed by atoms with Crippen LogP contribution in [0.2, 0.25) is 0 Å². The van der Waals surface area contributed by atoms with Gasteiger partial charge in [0.1, 0.15) is 18.1 Å². The topological polar surface area (TPSA) is 50.7 Å². The molecule has 0 radical (unpaired) electrons. The van der Waals surface area contributed by atoms with Gasteiger partial charge in [-0.05, 0) is 79.7 Å². The molecule has 1 unspecified atom stereocenters. The SMILES string of the molecule is Cc1ccc(OCCC2CCNC2)cc1-c1ccc(OCCO)cc1. The van der Waals surface area contributed by atoms with Crippen molar-refractivity contribution >= 4 is 0 Å². The smallest absolute Gasteiger partial charge is 0.119 e. The molecular formula is C21H27NO3. The number of hydrogen-bond donors (Lipinski definition) is 2. The number of ether oxygens (including phenoxy) is 2. The Kier molecular flexibility index (Phi) is 6.31. The first kappa shape index (κ1) is 17.8. The fourth-order valence-corrected chi connectivity index (χ4v) is 3.20. The van der Waals surface area contributed by atoms with Gasteiger partial charge in [-0.15, -0.1) is 0 Å². The van der Waals surface area contributed by atoms with Gasteiger partial charge in [0.25, 0.3) is 0 Å². The third kappa shape index (κ3) is 4.97. The summed E-state index contributed by atoms with van der Waals surface area (Å²) in [5.74, 6) is 2.44. The fourth-order valence-electron chi connectivity index (χ4n) is 3.20. The molecule has 2 aromatic rings. The Morgan fingerprint density at radius 1 is 1.04 bits per heavy atom. The Bertz CT molecular complexity index is 663. The van der Waals surface area contributed by atoms with Crippen LogP contribution < -0.4 is 14.8 Å². The van der Waals surface area contributed by atoms with Crippen LogP contribution in [0, 0.1) is 12.8 Å². The lowest BCUT2D eigenvalue weighted by Crippen LogP contribution is -2.11. The van der Waals surface area contributed by atoms with Crippen molar-refractivity contribution in [3.63, 3.8) is 0 Å². The summed E-state index contributed by atoms with van der Waals surface area (Å²) in [6, 6.07) is 14.2. The number of aliphatic hydroxyl groups excluding tert-OH is 1. The summed E-state index contributed by atoms with van der Waals surface area (Å²) in [5.41, 5.74) is 3.53.